The number of pyridine rings is 2. The molecule has 0 spiro atoms. The lowest BCUT2D eigenvalue weighted by Crippen LogP contribution is -2.44. The summed E-state index contributed by atoms with van der Waals surface area (Å²) in [7, 11) is 0. The normalized spacial score (nSPS) is 19.9. The number of fused-ring (bicyclic) bond motifs is 5. The van der Waals surface area contributed by atoms with E-state index in [0.29, 0.717) is 38.1 Å². The average Bonchev–Trinajstić information content (AvgIpc) is 3.05. The predicted molar refractivity (Wildman–Crippen MR) is 109 cm³/mol. The number of halogens is 1. The molecule has 2 N–H and O–H groups in total. The van der Waals surface area contributed by atoms with Crippen LogP contribution in [0.1, 0.15) is 30.0 Å². The number of nitrogens with zero attached hydrogens (tertiary/aromatic N) is 2. The Bertz CT molecular complexity index is 1270. The fourth-order valence-electron chi connectivity index (χ4n) is 4.01. The lowest BCUT2D eigenvalue weighted by atomic mass is 9.86. The van der Waals surface area contributed by atoms with E-state index in [9.17, 15) is 19.8 Å². The summed E-state index contributed by atoms with van der Waals surface area (Å²) in [5, 5.41) is 21.7. The molecule has 0 radical (unpaired) electrons. The van der Waals surface area contributed by atoms with Gasteiger partial charge >= 0.3 is 5.97 Å². The summed E-state index contributed by atoms with van der Waals surface area (Å²) in [6.07, 6.45) is 0.108. The first kappa shape index (κ1) is 17.6. The summed E-state index contributed by atoms with van der Waals surface area (Å²) < 4.78 is 7.37. The van der Waals surface area contributed by atoms with Crippen molar-refractivity contribution in [2.75, 3.05) is 0 Å². The maximum absolute atomic E-state index is 13.1. The Morgan fingerprint density at radius 2 is 2.11 bits per heavy atom. The van der Waals surface area contributed by atoms with Crippen molar-refractivity contribution in [1.82, 2.24) is 9.55 Å². The van der Waals surface area contributed by atoms with Gasteiger partial charge in [0.2, 0.25) is 0 Å². The fourth-order valence-corrected chi connectivity index (χ4v) is 4.62. The largest absolute Gasteiger partial charge is 0.507 e. The topological polar surface area (TPSA) is 102 Å². The van der Waals surface area contributed by atoms with Crippen LogP contribution in [0.15, 0.2) is 29.1 Å². The Balaban J connectivity index is 1.80. The Kier molecular flexibility index (Phi) is 3.63. The van der Waals surface area contributed by atoms with Crippen LogP contribution in [-0.4, -0.2) is 25.7 Å². The molecule has 7 nitrogen and oxygen atoms in total. The van der Waals surface area contributed by atoms with Crippen LogP contribution < -0.4 is 5.56 Å². The molecule has 5 rings (SSSR count). The molecule has 2 aliphatic heterocycles. The molecule has 0 bridgehead atoms. The molecule has 0 saturated carbocycles. The molecule has 3 aromatic rings. The molecule has 0 fully saturated rings. The summed E-state index contributed by atoms with van der Waals surface area (Å²) in [6, 6.07) is 6.94. The molecule has 8 heteroatoms. The van der Waals surface area contributed by atoms with Gasteiger partial charge in [-0.2, -0.15) is 0 Å². The van der Waals surface area contributed by atoms with Gasteiger partial charge in [-0.1, -0.05) is 6.92 Å². The van der Waals surface area contributed by atoms with E-state index in [1.807, 2.05) is 6.07 Å². The molecule has 4 heterocycles. The molecule has 2 aliphatic rings. The number of hydrogen-bond acceptors (Lipinski definition) is 6. The third-order valence-corrected chi connectivity index (χ3v) is 6.74. The van der Waals surface area contributed by atoms with E-state index in [4.69, 9.17) is 9.72 Å². The molecule has 142 valence electrons. The fraction of sp³-hybridized carbons (Fsp3) is 0.250. The monoisotopic (exact) mass is 490 g/mol. The molecular weight excluding hydrogens is 475 g/mol. The van der Waals surface area contributed by atoms with Gasteiger partial charge in [0.1, 0.15) is 12.4 Å². The van der Waals surface area contributed by atoms with Crippen LogP contribution in [0.3, 0.4) is 0 Å². The molecule has 0 amide bonds. The third-order valence-electron chi connectivity index (χ3n) is 5.61. The zero-order chi connectivity index (χ0) is 19.8. The molecule has 1 atom stereocenters. The maximum Gasteiger partial charge on any atom is 0.343 e. The lowest BCUT2D eigenvalue weighted by Gasteiger charge is -2.31. The number of aliphatic hydroxyl groups is 1. The predicted octanol–water partition coefficient (Wildman–Crippen LogP) is 2.39. The van der Waals surface area contributed by atoms with E-state index in [-0.39, 0.29) is 24.3 Å². The van der Waals surface area contributed by atoms with E-state index in [2.05, 4.69) is 22.6 Å². The van der Waals surface area contributed by atoms with Crippen molar-refractivity contribution in [3.8, 4) is 17.1 Å². The molecule has 0 aliphatic carbocycles. The number of phenols is 1. The third kappa shape index (κ3) is 2.15. The first-order valence-electron chi connectivity index (χ1n) is 8.83. The molecule has 2 aromatic heterocycles. The SMILES string of the molecule is CCC1(O)C(=O)OCc2c1cc1n(c2=O)Cc2cc3c(I)c(O)ccc3nc2-1. The highest BCUT2D eigenvalue weighted by Crippen LogP contribution is 2.39. The molecule has 1 aromatic carbocycles. The maximum atomic E-state index is 13.1. The lowest BCUT2D eigenvalue weighted by molar-refractivity contribution is -0.172. The van der Waals surface area contributed by atoms with E-state index < -0.39 is 11.6 Å². The number of aromatic nitrogens is 2. The number of benzene rings is 1. The standard InChI is InChI=1S/C20H15IN2O5/c1-2-20(27)12-6-14-17-9(5-10-13(22-17)3-4-15(24)16(10)21)7-23(14)18(25)11(12)8-28-19(20)26/h3-6,24,27H,2,7-8H2,1H3. The summed E-state index contributed by atoms with van der Waals surface area (Å²) >= 11 is 2.07. The van der Waals surface area contributed by atoms with E-state index in [0.717, 1.165) is 10.9 Å². The van der Waals surface area contributed by atoms with E-state index in [1.54, 1.807) is 29.7 Å². The van der Waals surface area contributed by atoms with E-state index >= 15 is 0 Å². The van der Waals surface area contributed by atoms with Gasteiger partial charge in [-0.05, 0) is 53.3 Å². The van der Waals surface area contributed by atoms with Gasteiger partial charge in [-0.25, -0.2) is 9.78 Å². The summed E-state index contributed by atoms with van der Waals surface area (Å²) in [4.78, 5) is 30.0. The zero-order valence-electron chi connectivity index (χ0n) is 14.8. The van der Waals surface area contributed by atoms with Crippen LogP contribution in [0.2, 0.25) is 0 Å². The highest BCUT2D eigenvalue weighted by atomic mass is 127. The minimum absolute atomic E-state index is 0.108. The minimum Gasteiger partial charge on any atom is -0.507 e. The number of ether oxygens (including phenoxy) is 1. The number of rotatable bonds is 1. The molecule has 0 saturated heterocycles. The number of aromatic hydroxyl groups is 1. The summed E-state index contributed by atoms with van der Waals surface area (Å²) in [5.74, 6) is -0.553. The van der Waals surface area contributed by atoms with Gasteiger partial charge in [-0.15, -0.1) is 0 Å². The number of carbonyl (C=O) groups is 1. The second-order valence-corrected chi connectivity index (χ2v) is 8.14. The van der Waals surface area contributed by atoms with Crippen molar-refractivity contribution in [1.29, 1.82) is 0 Å². The van der Waals surface area contributed by atoms with Crippen molar-refractivity contribution in [3.05, 3.63) is 54.9 Å². The van der Waals surface area contributed by atoms with Crippen molar-refractivity contribution in [2.45, 2.75) is 32.1 Å². The molecule has 28 heavy (non-hydrogen) atoms. The highest BCUT2D eigenvalue weighted by molar-refractivity contribution is 14.1. The van der Waals surface area contributed by atoms with Crippen LogP contribution in [-0.2, 0) is 28.3 Å². The van der Waals surface area contributed by atoms with Crippen LogP contribution >= 0.6 is 22.6 Å². The van der Waals surface area contributed by atoms with Gasteiger partial charge in [0.15, 0.2) is 5.60 Å². The minimum atomic E-state index is -1.83. The average molecular weight is 490 g/mol. The number of esters is 1. The van der Waals surface area contributed by atoms with E-state index in [1.165, 1.54) is 0 Å². The quantitative estimate of drug-likeness (QED) is 0.314. The van der Waals surface area contributed by atoms with Crippen LogP contribution in [0.4, 0.5) is 0 Å². The van der Waals surface area contributed by atoms with Gasteiger partial charge < -0.3 is 19.5 Å². The Hall–Kier alpha value is -2.46. The van der Waals surface area contributed by atoms with Crippen LogP contribution in [0.5, 0.6) is 5.75 Å². The number of cyclic esters (lactones) is 1. The van der Waals surface area contributed by atoms with Crippen LogP contribution in [0.25, 0.3) is 22.3 Å². The van der Waals surface area contributed by atoms with Crippen molar-refractivity contribution >= 4 is 39.5 Å². The summed E-state index contributed by atoms with van der Waals surface area (Å²) in [5.41, 5.74) is 1.26. The Labute approximate surface area is 172 Å². The second-order valence-electron chi connectivity index (χ2n) is 7.06. The molecular formula is C20H15IN2O5. The highest BCUT2D eigenvalue weighted by Gasteiger charge is 2.45. The first-order valence-corrected chi connectivity index (χ1v) is 9.91. The van der Waals surface area contributed by atoms with Gasteiger partial charge in [0, 0.05) is 16.5 Å². The number of hydrogen-bond donors (Lipinski definition) is 2. The smallest absolute Gasteiger partial charge is 0.343 e. The number of phenolic OH excluding ortho intramolecular Hbond substituents is 1. The summed E-state index contributed by atoms with van der Waals surface area (Å²) in [6.45, 7) is 1.87. The van der Waals surface area contributed by atoms with Crippen molar-refractivity contribution in [3.63, 3.8) is 0 Å². The van der Waals surface area contributed by atoms with Crippen molar-refractivity contribution in [2.24, 2.45) is 0 Å². The molecule has 1 unspecified atom stereocenters. The zero-order valence-corrected chi connectivity index (χ0v) is 17.0. The second kappa shape index (κ2) is 5.77. The van der Waals surface area contributed by atoms with Gasteiger partial charge in [-0.3, -0.25) is 4.79 Å². The van der Waals surface area contributed by atoms with Crippen LogP contribution in [0, 0.1) is 3.57 Å². The first-order chi connectivity index (χ1) is 13.3. The number of carbonyl (C=O) groups excluding carboxylic acids is 1. The van der Waals surface area contributed by atoms with Crippen molar-refractivity contribution < 1.29 is 19.7 Å². The van der Waals surface area contributed by atoms with Gasteiger partial charge in [0.25, 0.3) is 5.56 Å². The van der Waals surface area contributed by atoms with Gasteiger partial charge in [0.05, 0.1) is 32.6 Å². The Morgan fingerprint density at radius 3 is 2.86 bits per heavy atom. The Morgan fingerprint density at radius 1 is 1.32 bits per heavy atom.